The summed E-state index contributed by atoms with van der Waals surface area (Å²) in [4.78, 5) is 11.1. The second-order valence-corrected chi connectivity index (χ2v) is 5.82. The third-order valence-corrected chi connectivity index (χ3v) is 3.94. The van der Waals surface area contributed by atoms with Crippen molar-refractivity contribution >= 4 is 11.4 Å². The first-order chi connectivity index (χ1) is 13.1. The molecular formula is C25H30O2. The standard InChI is InChI=1S/C13H12.C10H12O2.C2H6/c1-11-7-3-2-4-8-12-9-5-6-10-13(11)12;1-8(11)10-6-4-3-5-9(10)7-12-2;1-2/h2-7,9-10H,1,8H2;3-6H,7H2,1-2H3;1-2H3/b4-2-,7-3-;;. The Kier molecular flexibility index (Phi) is 10.4. The van der Waals surface area contributed by atoms with Crippen LogP contribution in [0.2, 0.25) is 0 Å². The summed E-state index contributed by atoms with van der Waals surface area (Å²) in [5.74, 6) is 0.0858. The van der Waals surface area contributed by atoms with Crippen LogP contribution in [-0.2, 0) is 17.8 Å². The minimum Gasteiger partial charge on any atom is -0.380 e. The van der Waals surface area contributed by atoms with E-state index in [1.165, 1.54) is 11.1 Å². The van der Waals surface area contributed by atoms with E-state index in [1.807, 2.05) is 44.2 Å². The second-order valence-electron chi connectivity index (χ2n) is 5.82. The number of Topliss-reactive ketones (excluding diaryl/α,β-unsaturated/α-hetero) is 1. The molecule has 0 saturated carbocycles. The van der Waals surface area contributed by atoms with E-state index in [0.717, 1.165) is 23.1 Å². The summed E-state index contributed by atoms with van der Waals surface area (Å²) < 4.78 is 4.97. The molecule has 0 unspecified atom stereocenters. The minimum atomic E-state index is 0.0858. The number of ether oxygens (including phenoxy) is 1. The van der Waals surface area contributed by atoms with Gasteiger partial charge in [-0.2, -0.15) is 0 Å². The maximum absolute atomic E-state index is 11.1. The highest BCUT2D eigenvalue weighted by atomic mass is 16.5. The van der Waals surface area contributed by atoms with Gasteiger partial charge >= 0.3 is 0 Å². The molecule has 0 heterocycles. The van der Waals surface area contributed by atoms with Gasteiger partial charge in [0.05, 0.1) is 6.61 Å². The SMILES string of the molecule is C=C1/C=C\C=C/Cc2ccccc21.CC.COCc1ccccc1C(C)=O. The summed E-state index contributed by atoms with van der Waals surface area (Å²) in [5, 5.41) is 0. The number of carbonyl (C=O) groups is 1. The zero-order valence-corrected chi connectivity index (χ0v) is 16.9. The van der Waals surface area contributed by atoms with Crippen LogP contribution in [0.25, 0.3) is 5.57 Å². The maximum Gasteiger partial charge on any atom is 0.160 e. The highest BCUT2D eigenvalue weighted by molar-refractivity contribution is 5.95. The molecule has 0 radical (unpaired) electrons. The van der Waals surface area contributed by atoms with E-state index < -0.39 is 0 Å². The Morgan fingerprint density at radius 1 is 1.04 bits per heavy atom. The highest BCUT2D eigenvalue weighted by Gasteiger charge is 2.04. The lowest BCUT2D eigenvalue weighted by Gasteiger charge is -2.08. The third kappa shape index (κ3) is 7.20. The number of methoxy groups -OCH3 is 1. The van der Waals surface area contributed by atoms with Crippen molar-refractivity contribution in [3.05, 3.63) is 102 Å². The number of hydrogen-bond acceptors (Lipinski definition) is 2. The number of benzene rings is 2. The fourth-order valence-corrected chi connectivity index (χ4v) is 2.69. The topological polar surface area (TPSA) is 26.3 Å². The molecule has 0 bridgehead atoms. The summed E-state index contributed by atoms with van der Waals surface area (Å²) in [6.07, 6.45) is 9.33. The summed E-state index contributed by atoms with van der Waals surface area (Å²) in [7, 11) is 1.62. The molecule has 0 amide bonds. The Hall–Kier alpha value is -2.71. The molecule has 27 heavy (non-hydrogen) atoms. The van der Waals surface area contributed by atoms with Crippen LogP contribution < -0.4 is 0 Å². The van der Waals surface area contributed by atoms with E-state index in [9.17, 15) is 4.79 Å². The first-order valence-electron chi connectivity index (χ1n) is 9.31. The van der Waals surface area contributed by atoms with Crippen LogP contribution in [0.1, 0.15) is 47.8 Å². The van der Waals surface area contributed by atoms with Crippen molar-refractivity contribution in [1.82, 2.24) is 0 Å². The average molecular weight is 363 g/mol. The Morgan fingerprint density at radius 2 is 1.70 bits per heavy atom. The van der Waals surface area contributed by atoms with Gasteiger partial charge in [0, 0.05) is 12.7 Å². The molecule has 0 N–H and O–H groups in total. The lowest BCUT2D eigenvalue weighted by Crippen LogP contribution is -1.99. The van der Waals surface area contributed by atoms with Crippen molar-refractivity contribution in [3.63, 3.8) is 0 Å². The number of rotatable bonds is 3. The molecule has 0 atom stereocenters. The zero-order valence-electron chi connectivity index (χ0n) is 16.9. The first-order valence-corrected chi connectivity index (χ1v) is 9.31. The summed E-state index contributed by atoms with van der Waals surface area (Å²) >= 11 is 0. The molecule has 0 saturated heterocycles. The normalized spacial score (nSPS) is 14.1. The molecule has 1 aliphatic rings. The van der Waals surface area contributed by atoms with Gasteiger partial charge in [0.15, 0.2) is 5.78 Å². The second kappa shape index (κ2) is 12.6. The van der Waals surface area contributed by atoms with Gasteiger partial charge in [0.2, 0.25) is 0 Å². The van der Waals surface area contributed by atoms with E-state index in [4.69, 9.17) is 4.74 Å². The fraction of sp³-hybridized carbons (Fsp3) is 0.240. The van der Waals surface area contributed by atoms with Gasteiger partial charge in [-0.05, 0) is 35.6 Å². The zero-order chi connectivity index (χ0) is 20.1. The van der Waals surface area contributed by atoms with Crippen LogP contribution in [0.15, 0.2) is 79.4 Å². The van der Waals surface area contributed by atoms with Crippen molar-refractivity contribution in [1.29, 1.82) is 0 Å². The van der Waals surface area contributed by atoms with Gasteiger partial charge in [-0.25, -0.2) is 0 Å². The Labute approximate surface area is 163 Å². The molecule has 2 aromatic rings. The van der Waals surface area contributed by atoms with Gasteiger partial charge in [0.25, 0.3) is 0 Å². The molecule has 2 aromatic carbocycles. The number of allylic oxidation sites excluding steroid dienone is 5. The Bertz CT molecular complexity index is 797. The summed E-state index contributed by atoms with van der Waals surface area (Å²) in [5.41, 5.74) is 5.42. The summed E-state index contributed by atoms with van der Waals surface area (Å²) in [6, 6.07) is 15.9. The number of fused-ring (bicyclic) bond motifs is 1. The van der Waals surface area contributed by atoms with E-state index in [-0.39, 0.29) is 5.78 Å². The molecular weight excluding hydrogens is 332 g/mol. The quantitative estimate of drug-likeness (QED) is 0.588. The molecule has 0 fully saturated rings. The van der Waals surface area contributed by atoms with E-state index in [1.54, 1.807) is 14.0 Å². The van der Waals surface area contributed by atoms with Crippen LogP contribution >= 0.6 is 0 Å². The Morgan fingerprint density at radius 3 is 2.41 bits per heavy atom. The number of ketones is 1. The maximum atomic E-state index is 11.1. The Balaban J connectivity index is 0.000000248. The van der Waals surface area contributed by atoms with Gasteiger partial charge in [-0.1, -0.05) is 93.3 Å². The van der Waals surface area contributed by atoms with E-state index in [2.05, 4.69) is 49.1 Å². The predicted molar refractivity (Wildman–Crippen MR) is 116 cm³/mol. The monoisotopic (exact) mass is 362 g/mol. The van der Waals surface area contributed by atoms with Crippen LogP contribution in [0.3, 0.4) is 0 Å². The molecule has 142 valence electrons. The van der Waals surface area contributed by atoms with Crippen LogP contribution in [0.4, 0.5) is 0 Å². The molecule has 3 rings (SSSR count). The fourth-order valence-electron chi connectivity index (χ4n) is 2.69. The summed E-state index contributed by atoms with van der Waals surface area (Å²) in [6.45, 7) is 10.1. The molecule has 0 aliphatic heterocycles. The largest absolute Gasteiger partial charge is 0.380 e. The molecule has 2 heteroatoms. The number of carbonyl (C=O) groups excluding carboxylic acids is 1. The van der Waals surface area contributed by atoms with Gasteiger partial charge in [-0.15, -0.1) is 0 Å². The van der Waals surface area contributed by atoms with E-state index in [0.29, 0.717) is 6.61 Å². The van der Waals surface area contributed by atoms with E-state index >= 15 is 0 Å². The third-order valence-electron chi connectivity index (χ3n) is 3.94. The average Bonchev–Trinajstić information content (AvgIpc) is 2.69. The molecule has 1 aliphatic carbocycles. The van der Waals surface area contributed by atoms with Crippen molar-refractivity contribution < 1.29 is 9.53 Å². The van der Waals surface area contributed by atoms with Crippen LogP contribution in [-0.4, -0.2) is 12.9 Å². The molecule has 0 spiro atoms. The van der Waals surface area contributed by atoms with Gasteiger partial charge < -0.3 is 4.74 Å². The van der Waals surface area contributed by atoms with Gasteiger partial charge in [0.1, 0.15) is 0 Å². The van der Waals surface area contributed by atoms with Crippen molar-refractivity contribution in [2.75, 3.05) is 7.11 Å². The predicted octanol–water partition coefficient (Wildman–Crippen LogP) is 6.43. The lowest BCUT2D eigenvalue weighted by atomic mass is 9.97. The van der Waals surface area contributed by atoms with Crippen molar-refractivity contribution in [2.24, 2.45) is 0 Å². The smallest absolute Gasteiger partial charge is 0.160 e. The molecule has 0 aromatic heterocycles. The van der Waals surface area contributed by atoms with Crippen molar-refractivity contribution in [2.45, 2.75) is 33.8 Å². The first kappa shape index (κ1) is 22.3. The van der Waals surface area contributed by atoms with Gasteiger partial charge in [-0.3, -0.25) is 4.79 Å². The minimum absolute atomic E-state index is 0.0858. The van der Waals surface area contributed by atoms with Crippen LogP contribution in [0.5, 0.6) is 0 Å². The highest BCUT2D eigenvalue weighted by Crippen LogP contribution is 2.21. The van der Waals surface area contributed by atoms with Crippen LogP contribution in [0, 0.1) is 0 Å². The molecule has 2 nitrogen and oxygen atoms in total. The van der Waals surface area contributed by atoms with Crippen molar-refractivity contribution in [3.8, 4) is 0 Å². The lowest BCUT2D eigenvalue weighted by molar-refractivity contribution is 0.101. The number of hydrogen-bond donors (Lipinski definition) is 0.